The SMILES string of the molecule is COC(=C1CCC1)c1ccnc(NC(=O)C2=C(C)NC(Nc3nc4ccc(F)cc4o3)=NC2c2ccccc2C)c1. The number of pyridine rings is 1. The molecule has 2 aromatic carbocycles. The molecule has 2 aliphatic rings. The van der Waals surface area contributed by atoms with Crippen LogP contribution in [0, 0.1) is 12.7 Å². The van der Waals surface area contributed by atoms with Crippen molar-refractivity contribution < 1.29 is 18.3 Å². The molecular formula is C31H29FN6O3. The van der Waals surface area contributed by atoms with Crippen molar-refractivity contribution in [2.75, 3.05) is 17.7 Å². The quantitative estimate of drug-likeness (QED) is 0.243. The second-order valence-corrected chi connectivity index (χ2v) is 10.0. The number of oxazole rings is 1. The number of anilines is 2. The largest absolute Gasteiger partial charge is 0.496 e. The first-order valence-corrected chi connectivity index (χ1v) is 13.4. The highest BCUT2D eigenvalue weighted by Crippen LogP contribution is 2.36. The zero-order valence-corrected chi connectivity index (χ0v) is 22.9. The van der Waals surface area contributed by atoms with Crippen LogP contribution in [-0.4, -0.2) is 28.9 Å². The Balaban J connectivity index is 1.30. The average Bonchev–Trinajstić information content (AvgIpc) is 3.31. The Labute approximate surface area is 236 Å². The smallest absolute Gasteiger partial charge is 0.302 e. The maximum atomic E-state index is 13.8. The highest BCUT2D eigenvalue weighted by Gasteiger charge is 2.31. The van der Waals surface area contributed by atoms with E-state index in [4.69, 9.17) is 14.1 Å². The molecule has 3 N–H and O–H groups in total. The Hall–Kier alpha value is -4.99. The summed E-state index contributed by atoms with van der Waals surface area (Å²) in [6.07, 6.45) is 4.84. The highest BCUT2D eigenvalue weighted by atomic mass is 19.1. The van der Waals surface area contributed by atoms with E-state index in [1.165, 1.54) is 17.7 Å². The number of halogens is 1. The lowest BCUT2D eigenvalue weighted by atomic mass is 9.89. The second-order valence-electron chi connectivity index (χ2n) is 10.0. The topological polar surface area (TPSA) is 114 Å². The minimum absolute atomic E-state index is 0.150. The van der Waals surface area contributed by atoms with Crippen molar-refractivity contribution >= 4 is 40.6 Å². The number of aromatic nitrogens is 2. The average molecular weight is 553 g/mol. The third-order valence-electron chi connectivity index (χ3n) is 7.29. The molecule has 1 atom stereocenters. The van der Waals surface area contributed by atoms with Crippen LogP contribution in [0.4, 0.5) is 16.2 Å². The molecule has 9 nitrogen and oxygen atoms in total. The number of nitrogens with zero attached hydrogens (tertiary/aromatic N) is 3. The standard InChI is InChI=1S/C31H29FN6O3/c1-17-7-4-5-10-22(17)27-26(29(39)36-25-15-20(13-14-33-25)28(40-3)19-8-6-9-19)18(2)34-30(37-27)38-31-35-23-12-11-21(32)16-24(23)41-31/h4-5,7,10-16,27H,6,8-9H2,1-3H3,(H,33,36,39)(H2,34,35,37,38). The van der Waals surface area contributed by atoms with Crippen LogP contribution in [0.2, 0.25) is 0 Å². The lowest BCUT2D eigenvalue weighted by Crippen LogP contribution is -2.37. The Kier molecular flexibility index (Phi) is 6.96. The number of amides is 1. The maximum Gasteiger partial charge on any atom is 0.302 e. The number of methoxy groups -OCH3 is 1. The van der Waals surface area contributed by atoms with Crippen LogP contribution < -0.4 is 16.0 Å². The summed E-state index contributed by atoms with van der Waals surface area (Å²) < 4.78 is 25.0. The molecule has 0 bridgehead atoms. The lowest BCUT2D eigenvalue weighted by molar-refractivity contribution is -0.113. The van der Waals surface area contributed by atoms with Gasteiger partial charge in [-0.1, -0.05) is 24.3 Å². The van der Waals surface area contributed by atoms with E-state index in [1.54, 1.807) is 19.4 Å². The molecule has 1 aliphatic heterocycles. The molecule has 0 saturated heterocycles. The molecule has 41 heavy (non-hydrogen) atoms. The summed E-state index contributed by atoms with van der Waals surface area (Å²) in [6, 6.07) is 15.1. The van der Waals surface area contributed by atoms with E-state index in [-0.39, 0.29) is 11.9 Å². The predicted octanol–water partition coefficient (Wildman–Crippen LogP) is 6.24. The number of guanidine groups is 1. The molecule has 6 rings (SSSR count). The van der Waals surface area contributed by atoms with E-state index in [1.807, 2.05) is 50.2 Å². The number of allylic oxidation sites excluding steroid dienone is 2. The van der Waals surface area contributed by atoms with Gasteiger partial charge in [-0.2, -0.15) is 4.98 Å². The summed E-state index contributed by atoms with van der Waals surface area (Å²) in [4.78, 5) is 27.4. The molecule has 1 fully saturated rings. The number of carbonyl (C=O) groups is 1. The van der Waals surface area contributed by atoms with Crippen LogP contribution in [0.3, 0.4) is 0 Å². The molecular weight excluding hydrogens is 523 g/mol. The van der Waals surface area contributed by atoms with E-state index in [9.17, 15) is 9.18 Å². The van der Waals surface area contributed by atoms with E-state index in [0.717, 1.165) is 41.7 Å². The molecule has 208 valence electrons. The first-order valence-electron chi connectivity index (χ1n) is 13.4. The Morgan fingerprint density at radius 2 is 1.95 bits per heavy atom. The van der Waals surface area contributed by atoms with Crippen molar-refractivity contribution in [3.8, 4) is 0 Å². The van der Waals surface area contributed by atoms with E-state index in [2.05, 4.69) is 25.9 Å². The van der Waals surface area contributed by atoms with Crippen LogP contribution in [0.15, 0.2) is 87.0 Å². The van der Waals surface area contributed by atoms with Crippen molar-refractivity contribution in [1.82, 2.24) is 15.3 Å². The monoisotopic (exact) mass is 552 g/mol. The number of aryl methyl sites for hydroxylation is 1. The first-order chi connectivity index (χ1) is 19.9. The van der Waals surface area contributed by atoms with Crippen molar-refractivity contribution in [2.45, 2.75) is 39.2 Å². The minimum Gasteiger partial charge on any atom is -0.496 e. The van der Waals surface area contributed by atoms with Gasteiger partial charge in [0.1, 0.15) is 29.0 Å². The van der Waals surface area contributed by atoms with Gasteiger partial charge >= 0.3 is 6.01 Å². The molecule has 1 amide bonds. The number of nitrogens with one attached hydrogen (secondary N) is 3. The van der Waals surface area contributed by atoms with Gasteiger partial charge in [0.05, 0.1) is 12.7 Å². The molecule has 2 aromatic heterocycles. The molecule has 0 radical (unpaired) electrons. The van der Waals surface area contributed by atoms with Gasteiger partial charge in [0.15, 0.2) is 5.58 Å². The Bertz CT molecular complexity index is 1750. The Morgan fingerprint density at radius 1 is 1.12 bits per heavy atom. The van der Waals surface area contributed by atoms with Gasteiger partial charge in [0.2, 0.25) is 5.96 Å². The van der Waals surface area contributed by atoms with Gasteiger partial charge in [-0.25, -0.2) is 14.4 Å². The number of ether oxygens (including phenoxy) is 1. The van der Waals surface area contributed by atoms with Gasteiger partial charge in [-0.05, 0) is 74.1 Å². The summed E-state index contributed by atoms with van der Waals surface area (Å²) in [5.74, 6) is 0.849. The lowest BCUT2D eigenvalue weighted by Gasteiger charge is -2.27. The van der Waals surface area contributed by atoms with Gasteiger partial charge in [0.25, 0.3) is 5.91 Å². The van der Waals surface area contributed by atoms with Crippen LogP contribution in [0.1, 0.15) is 48.9 Å². The summed E-state index contributed by atoms with van der Waals surface area (Å²) in [5, 5.41) is 9.16. The van der Waals surface area contributed by atoms with Crippen LogP contribution in [-0.2, 0) is 9.53 Å². The third-order valence-corrected chi connectivity index (χ3v) is 7.29. The van der Waals surface area contributed by atoms with Crippen molar-refractivity contribution in [3.63, 3.8) is 0 Å². The van der Waals surface area contributed by atoms with Crippen molar-refractivity contribution in [3.05, 3.63) is 100 Å². The highest BCUT2D eigenvalue weighted by molar-refractivity contribution is 6.07. The Morgan fingerprint density at radius 3 is 2.71 bits per heavy atom. The zero-order valence-electron chi connectivity index (χ0n) is 22.9. The number of benzene rings is 2. The number of hydrogen-bond acceptors (Lipinski definition) is 8. The number of hydrogen-bond donors (Lipinski definition) is 3. The number of carbonyl (C=O) groups excluding carboxylic acids is 1. The number of aliphatic imine (C=N–C) groups is 1. The van der Waals surface area contributed by atoms with Crippen LogP contribution >= 0.6 is 0 Å². The number of fused-ring (bicyclic) bond motifs is 1. The van der Waals surface area contributed by atoms with Gasteiger partial charge in [0, 0.05) is 23.5 Å². The molecule has 1 aliphatic carbocycles. The summed E-state index contributed by atoms with van der Waals surface area (Å²) >= 11 is 0. The summed E-state index contributed by atoms with van der Waals surface area (Å²) in [7, 11) is 1.66. The maximum absolute atomic E-state index is 13.8. The minimum atomic E-state index is -0.628. The summed E-state index contributed by atoms with van der Waals surface area (Å²) in [6.45, 7) is 3.79. The van der Waals surface area contributed by atoms with Crippen molar-refractivity contribution in [2.24, 2.45) is 4.99 Å². The van der Waals surface area contributed by atoms with E-state index in [0.29, 0.717) is 34.1 Å². The normalized spacial score (nSPS) is 16.5. The summed E-state index contributed by atoms with van der Waals surface area (Å²) in [5.41, 5.74) is 5.85. The van der Waals surface area contributed by atoms with Crippen LogP contribution in [0.5, 0.6) is 0 Å². The molecule has 0 spiro atoms. The van der Waals surface area contributed by atoms with E-state index >= 15 is 0 Å². The van der Waals surface area contributed by atoms with E-state index < -0.39 is 11.9 Å². The fourth-order valence-electron chi connectivity index (χ4n) is 5.08. The molecule has 3 heterocycles. The van der Waals surface area contributed by atoms with Crippen molar-refractivity contribution in [1.29, 1.82) is 0 Å². The predicted molar refractivity (Wildman–Crippen MR) is 155 cm³/mol. The number of rotatable bonds is 6. The third kappa shape index (κ3) is 5.28. The fourth-order valence-corrected chi connectivity index (χ4v) is 5.08. The molecule has 1 saturated carbocycles. The van der Waals surface area contributed by atoms with Gasteiger partial charge in [-0.15, -0.1) is 0 Å². The fraction of sp³-hybridized carbons (Fsp3) is 0.226. The van der Waals surface area contributed by atoms with Crippen LogP contribution in [0.25, 0.3) is 16.9 Å². The molecule has 10 heteroatoms. The van der Waals surface area contributed by atoms with Gasteiger partial charge in [-0.3, -0.25) is 10.1 Å². The molecule has 4 aromatic rings. The zero-order chi connectivity index (χ0) is 28.5. The molecule has 1 unspecified atom stereocenters. The second kappa shape index (κ2) is 10.9. The first kappa shape index (κ1) is 26.2. The van der Waals surface area contributed by atoms with Gasteiger partial charge < -0.3 is 19.8 Å².